The zero-order valence-corrected chi connectivity index (χ0v) is 19.1. The third-order valence-electron chi connectivity index (χ3n) is 4.55. The number of amides is 1. The lowest BCUT2D eigenvalue weighted by atomic mass is 10.1. The number of nitrogens with zero attached hydrogens (tertiary/aromatic N) is 2. The minimum absolute atomic E-state index is 0.170. The van der Waals surface area contributed by atoms with Gasteiger partial charge >= 0.3 is 0 Å². The van der Waals surface area contributed by atoms with Crippen LogP contribution in [0.25, 0.3) is 0 Å². The second kappa shape index (κ2) is 11.4. The van der Waals surface area contributed by atoms with E-state index in [1.54, 1.807) is 19.2 Å². The number of sulfone groups is 1. The van der Waals surface area contributed by atoms with E-state index in [2.05, 4.69) is 5.32 Å². The quantitative estimate of drug-likeness (QED) is 0.288. The molecule has 0 heterocycles. The Morgan fingerprint density at radius 3 is 2.59 bits per heavy atom. The van der Waals surface area contributed by atoms with Gasteiger partial charge in [-0.05, 0) is 36.8 Å². The first-order valence-electron chi connectivity index (χ1n) is 9.83. The van der Waals surface area contributed by atoms with Crippen molar-refractivity contribution in [2.24, 2.45) is 0 Å². The van der Waals surface area contributed by atoms with Gasteiger partial charge in [0, 0.05) is 45.1 Å². The highest BCUT2D eigenvalue weighted by molar-refractivity contribution is 7.90. The summed E-state index contributed by atoms with van der Waals surface area (Å²) in [7, 11) is -0.189. The average molecular weight is 466 g/mol. The van der Waals surface area contributed by atoms with Crippen LogP contribution in [-0.4, -0.2) is 70.9 Å². The van der Waals surface area contributed by atoms with Crippen molar-refractivity contribution in [1.29, 1.82) is 0 Å². The Morgan fingerprint density at radius 2 is 1.94 bits per heavy atom. The SMILES string of the molecule is COCCNc1ccc(C(=O)N(C)CCCOc2cccc(S(C)(=O)=O)c2)cc1[N+](=O)[O-]. The van der Waals surface area contributed by atoms with Gasteiger partial charge in [-0.1, -0.05) is 6.07 Å². The van der Waals surface area contributed by atoms with Gasteiger partial charge < -0.3 is 19.7 Å². The van der Waals surface area contributed by atoms with Crippen LogP contribution in [0.15, 0.2) is 47.4 Å². The Balaban J connectivity index is 1.93. The molecule has 2 rings (SSSR count). The van der Waals surface area contributed by atoms with E-state index in [1.807, 2.05) is 0 Å². The van der Waals surface area contributed by atoms with Crippen LogP contribution in [0.3, 0.4) is 0 Å². The lowest BCUT2D eigenvalue weighted by Crippen LogP contribution is -2.28. The third-order valence-corrected chi connectivity index (χ3v) is 5.66. The fraction of sp³-hybridized carbons (Fsp3) is 0.381. The molecule has 32 heavy (non-hydrogen) atoms. The van der Waals surface area contributed by atoms with Gasteiger partial charge in [0.05, 0.1) is 23.0 Å². The minimum atomic E-state index is -3.32. The maximum absolute atomic E-state index is 12.7. The van der Waals surface area contributed by atoms with E-state index < -0.39 is 14.8 Å². The molecule has 0 spiro atoms. The van der Waals surface area contributed by atoms with Gasteiger partial charge in [-0.3, -0.25) is 14.9 Å². The fourth-order valence-electron chi connectivity index (χ4n) is 2.86. The molecule has 2 aromatic rings. The molecule has 0 unspecified atom stereocenters. The zero-order valence-electron chi connectivity index (χ0n) is 18.2. The molecule has 0 aliphatic rings. The second-order valence-electron chi connectivity index (χ2n) is 7.08. The summed E-state index contributed by atoms with van der Waals surface area (Å²) in [6.45, 7) is 1.42. The number of nitrogens with one attached hydrogen (secondary N) is 1. The molecule has 0 saturated heterocycles. The molecule has 0 aliphatic heterocycles. The Hall–Kier alpha value is -3.18. The number of nitro benzene ring substituents is 1. The van der Waals surface area contributed by atoms with Crippen LogP contribution in [-0.2, 0) is 14.6 Å². The predicted octanol–water partition coefficient (Wildman–Crippen LogP) is 2.60. The number of benzene rings is 2. The Labute approximate surface area is 187 Å². The number of ether oxygens (including phenoxy) is 2. The van der Waals surface area contributed by atoms with Gasteiger partial charge in [-0.15, -0.1) is 0 Å². The molecule has 174 valence electrons. The number of carbonyl (C=O) groups excluding carboxylic acids is 1. The summed E-state index contributed by atoms with van der Waals surface area (Å²) in [5.74, 6) is 0.0738. The van der Waals surface area contributed by atoms with Crippen LogP contribution < -0.4 is 10.1 Å². The molecule has 0 radical (unpaired) electrons. The molecule has 0 atom stereocenters. The summed E-state index contributed by atoms with van der Waals surface area (Å²) >= 11 is 0. The van der Waals surface area contributed by atoms with Crippen LogP contribution >= 0.6 is 0 Å². The van der Waals surface area contributed by atoms with Gasteiger partial charge in [0.15, 0.2) is 9.84 Å². The third kappa shape index (κ3) is 7.20. The van der Waals surface area contributed by atoms with Crippen molar-refractivity contribution in [3.8, 4) is 5.75 Å². The van der Waals surface area contributed by atoms with Crippen molar-refractivity contribution in [3.63, 3.8) is 0 Å². The summed E-state index contributed by atoms with van der Waals surface area (Å²) in [6.07, 6.45) is 1.61. The molecular weight excluding hydrogens is 438 g/mol. The number of rotatable bonds is 12. The minimum Gasteiger partial charge on any atom is -0.493 e. The molecule has 2 aromatic carbocycles. The zero-order chi connectivity index (χ0) is 23.7. The van der Waals surface area contributed by atoms with Crippen molar-refractivity contribution in [2.75, 3.05) is 52.0 Å². The molecule has 1 amide bonds. The lowest BCUT2D eigenvalue weighted by Gasteiger charge is -2.18. The fourth-order valence-corrected chi connectivity index (χ4v) is 3.52. The van der Waals surface area contributed by atoms with Crippen molar-refractivity contribution in [1.82, 2.24) is 4.90 Å². The van der Waals surface area contributed by atoms with Crippen molar-refractivity contribution >= 4 is 27.1 Å². The number of hydrogen-bond donors (Lipinski definition) is 1. The molecule has 1 N–H and O–H groups in total. The Morgan fingerprint density at radius 1 is 1.19 bits per heavy atom. The predicted molar refractivity (Wildman–Crippen MR) is 120 cm³/mol. The van der Waals surface area contributed by atoms with Crippen LogP contribution in [0, 0.1) is 10.1 Å². The summed E-state index contributed by atoms with van der Waals surface area (Å²) in [5.41, 5.74) is 0.337. The molecule has 0 fully saturated rings. The first kappa shape index (κ1) is 25.1. The topological polar surface area (TPSA) is 128 Å². The highest BCUT2D eigenvalue weighted by Crippen LogP contribution is 2.26. The van der Waals surface area contributed by atoms with E-state index in [1.165, 1.54) is 42.3 Å². The summed E-state index contributed by atoms with van der Waals surface area (Å²) in [4.78, 5) is 25.1. The maximum Gasteiger partial charge on any atom is 0.293 e. The highest BCUT2D eigenvalue weighted by Gasteiger charge is 2.19. The largest absolute Gasteiger partial charge is 0.493 e. The summed E-state index contributed by atoms with van der Waals surface area (Å²) < 4.78 is 33.7. The summed E-state index contributed by atoms with van der Waals surface area (Å²) in [6, 6.07) is 10.5. The molecule has 0 bridgehead atoms. The van der Waals surface area contributed by atoms with E-state index in [0.717, 1.165) is 6.26 Å². The number of anilines is 1. The number of hydrogen-bond acceptors (Lipinski definition) is 8. The van der Waals surface area contributed by atoms with Gasteiger partial charge in [0.25, 0.3) is 11.6 Å². The Bertz CT molecular complexity index is 1060. The maximum atomic E-state index is 12.7. The average Bonchev–Trinajstić information content (AvgIpc) is 2.76. The molecule has 0 saturated carbocycles. The first-order chi connectivity index (χ1) is 15.1. The van der Waals surface area contributed by atoms with Gasteiger partial charge in [-0.25, -0.2) is 8.42 Å². The second-order valence-corrected chi connectivity index (χ2v) is 9.10. The lowest BCUT2D eigenvalue weighted by molar-refractivity contribution is -0.384. The van der Waals surface area contributed by atoms with E-state index in [0.29, 0.717) is 37.6 Å². The van der Waals surface area contributed by atoms with Crippen LogP contribution in [0.5, 0.6) is 5.75 Å². The van der Waals surface area contributed by atoms with E-state index in [-0.39, 0.29) is 28.7 Å². The molecule has 0 aromatic heterocycles. The highest BCUT2D eigenvalue weighted by atomic mass is 32.2. The molecule has 10 nitrogen and oxygen atoms in total. The normalized spacial score (nSPS) is 11.1. The smallest absolute Gasteiger partial charge is 0.293 e. The molecule has 0 aliphatic carbocycles. The number of nitro groups is 1. The van der Waals surface area contributed by atoms with E-state index in [4.69, 9.17) is 9.47 Å². The number of carbonyl (C=O) groups is 1. The van der Waals surface area contributed by atoms with E-state index in [9.17, 15) is 23.3 Å². The van der Waals surface area contributed by atoms with Crippen molar-refractivity contribution in [2.45, 2.75) is 11.3 Å². The first-order valence-corrected chi connectivity index (χ1v) is 11.7. The van der Waals surface area contributed by atoms with Gasteiger partial charge in [0.2, 0.25) is 0 Å². The standard InChI is InChI=1S/C21H27N3O7S/c1-23(11-5-12-31-17-6-4-7-18(15-17)32(3,28)29)21(25)16-8-9-19(22-10-13-30-2)20(14-16)24(26)27/h4,6-9,14-15,22H,5,10-13H2,1-3H3. The summed E-state index contributed by atoms with van der Waals surface area (Å²) in [5, 5.41) is 14.3. The van der Waals surface area contributed by atoms with Crippen molar-refractivity contribution < 1.29 is 27.6 Å². The van der Waals surface area contributed by atoms with Gasteiger partial charge in [-0.2, -0.15) is 0 Å². The Kier molecular flexibility index (Phi) is 8.97. The number of methoxy groups -OCH3 is 1. The van der Waals surface area contributed by atoms with Crippen LogP contribution in [0.1, 0.15) is 16.8 Å². The van der Waals surface area contributed by atoms with Gasteiger partial charge in [0.1, 0.15) is 11.4 Å². The van der Waals surface area contributed by atoms with E-state index >= 15 is 0 Å². The van der Waals surface area contributed by atoms with Crippen LogP contribution in [0.4, 0.5) is 11.4 Å². The molecule has 11 heteroatoms. The van der Waals surface area contributed by atoms with Crippen LogP contribution in [0.2, 0.25) is 0 Å². The monoisotopic (exact) mass is 465 g/mol. The molecular formula is C21H27N3O7S. The van der Waals surface area contributed by atoms with Crippen molar-refractivity contribution in [3.05, 3.63) is 58.1 Å².